The van der Waals surface area contributed by atoms with Crippen molar-refractivity contribution in [1.29, 1.82) is 0 Å². The Bertz CT molecular complexity index is 913. The summed E-state index contributed by atoms with van der Waals surface area (Å²) in [6.07, 6.45) is 8.42. The molecule has 210 valence electrons. The number of rotatable bonds is 10. The van der Waals surface area contributed by atoms with Gasteiger partial charge in [-0.25, -0.2) is 0 Å². The molecular formula is C31H54O4Si2. The molecule has 6 heteroatoms. The zero-order valence-electron chi connectivity index (χ0n) is 25.5. The summed E-state index contributed by atoms with van der Waals surface area (Å²) >= 11 is 0. The molecule has 1 saturated carbocycles. The zero-order valence-corrected chi connectivity index (χ0v) is 27.5. The van der Waals surface area contributed by atoms with Crippen LogP contribution in [-0.4, -0.2) is 48.7 Å². The topological polar surface area (TPSA) is 36.9 Å². The molecule has 1 saturated heterocycles. The number of hydrogen-bond donors (Lipinski definition) is 0. The van der Waals surface area contributed by atoms with E-state index in [-0.39, 0.29) is 22.3 Å². The van der Waals surface area contributed by atoms with E-state index in [4.69, 9.17) is 18.3 Å². The average Bonchev–Trinajstić information content (AvgIpc) is 3.32. The number of fused-ring (bicyclic) bond motifs is 1. The molecule has 0 N–H and O–H groups in total. The van der Waals surface area contributed by atoms with Crippen LogP contribution in [0.5, 0.6) is 0 Å². The SMILES string of the molecule is COCc1cccc(C[C@@H](/C=C/[C@@H]2[C@H]3CCO[C@H]3C[C@H]2O[Si](C)(C)C(C)(C)C)O[Si](C)(C)C(C)(C)C)c1. The van der Waals surface area contributed by atoms with Gasteiger partial charge in [-0.3, -0.25) is 0 Å². The van der Waals surface area contributed by atoms with Crippen molar-refractivity contribution in [1.82, 2.24) is 0 Å². The van der Waals surface area contributed by atoms with Crippen LogP contribution in [0.4, 0.5) is 0 Å². The Kier molecular flexibility index (Phi) is 9.79. The first-order valence-electron chi connectivity index (χ1n) is 14.3. The number of hydrogen-bond acceptors (Lipinski definition) is 4. The normalized spacial score (nSPS) is 26.1. The minimum atomic E-state index is -1.96. The molecule has 0 aromatic heterocycles. The van der Waals surface area contributed by atoms with Gasteiger partial charge in [-0.1, -0.05) is 78.0 Å². The van der Waals surface area contributed by atoms with Gasteiger partial charge in [0.1, 0.15) is 0 Å². The van der Waals surface area contributed by atoms with Crippen LogP contribution in [-0.2, 0) is 31.4 Å². The van der Waals surface area contributed by atoms with Crippen LogP contribution in [0.1, 0.15) is 65.5 Å². The summed E-state index contributed by atoms with van der Waals surface area (Å²) in [5, 5.41) is 0.351. The Morgan fingerprint density at radius 2 is 1.65 bits per heavy atom. The first-order valence-corrected chi connectivity index (χ1v) is 20.1. The zero-order chi connectivity index (χ0) is 27.6. The Hall–Kier alpha value is -0.766. The molecule has 4 nitrogen and oxygen atoms in total. The lowest BCUT2D eigenvalue weighted by Crippen LogP contribution is -2.45. The van der Waals surface area contributed by atoms with E-state index in [2.05, 4.69) is 104 Å². The van der Waals surface area contributed by atoms with Crippen molar-refractivity contribution in [2.75, 3.05) is 13.7 Å². The molecule has 5 atom stereocenters. The maximum absolute atomic E-state index is 7.03. The highest BCUT2D eigenvalue weighted by atomic mass is 28.4. The van der Waals surface area contributed by atoms with Gasteiger partial charge in [0.05, 0.1) is 24.9 Å². The molecule has 1 heterocycles. The molecule has 0 amide bonds. The fraction of sp³-hybridized carbons (Fsp3) is 0.742. The van der Waals surface area contributed by atoms with Crippen LogP contribution >= 0.6 is 0 Å². The summed E-state index contributed by atoms with van der Waals surface area (Å²) in [6.45, 7) is 24.9. The number of ether oxygens (including phenoxy) is 2. The summed E-state index contributed by atoms with van der Waals surface area (Å²) in [6, 6.07) is 8.75. The van der Waals surface area contributed by atoms with Gasteiger partial charge in [-0.2, -0.15) is 0 Å². The van der Waals surface area contributed by atoms with E-state index in [1.165, 1.54) is 11.1 Å². The van der Waals surface area contributed by atoms with Crippen LogP contribution in [0.3, 0.4) is 0 Å². The Labute approximate surface area is 229 Å². The maximum Gasteiger partial charge on any atom is 0.192 e. The van der Waals surface area contributed by atoms with Crippen LogP contribution < -0.4 is 0 Å². The highest BCUT2D eigenvalue weighted by Gasteiger charge is 2.49. The van der Waals surface area contributed by atoms with Gasteiger partial charge >= 0.3 is 0 Å². The molecular weight excluding hydrogens is 493 g/mol. The Balaban J connectivity index is 1.88. The van der Waals surface area contributed by atoms with Crippen molar-refractivity contribution >= 4 is 16.6 Å². The molecule has 2 aliphatic rings. The van der Waals surface area contributed by atoms with E-state index in [0.717, 1.165) is 25.9 Å². The lowest BCUT2D eigenvalue weighted by atomic mass is 9.91. The summed E-state index contributed by atoms with van der Waals surface area (Å²) in [5.74, 6) is 0.927. The third-order valence-electron chi connectivity index (χ3n) is 9.44. The predicted molar refractivity (Wildman–Crippen MR) is 160 cm³/mol. The van der Waals surface area contributed by atoms with E-state index < -0.39 is 16.6 Å². The molecule has 37 heavy (non-hydrogen) atoms. The lowest BCUT2D eigenvalue weighted by molar-refractivity contribution is 0.0833. The molecule has 0 bridgehead atoms. The van der Waals surface area contributed by atoms with E-state index >= 15 is 0 Å². The van der Waals surface area contributed by atoms with Crippen LogP contribution in [0, 0.1) is 11.8 Å². The summed E-state index contributed by atoms with van der Waals surface area (Å²) in [7, 11) is -2.09. The summed E-state index contributed by atoms with van der Waals surface area (Å²) in [4.78, 5) is 0. The second-order valence-corrected chi connectivity index (χ2v) is 23.9. The third-order valence-corrected chi connectivity index (χ3v) is 18.4. The van der Waals surface area contributed by atoms with Crippen molar-refractivity contribution in [3.05, 3.63) is 47.5 Å². The van der Waals surface area contributed by atoms with E-state index in [1.54, 1.807) is 7.11 Å². The lowest BCUT2D eigenvalue weighted by Gasteiger charge is -2.40. The minimum absolute atomic E-state index is 0.0357. The van der Waals surface area contributed by atoms with E-state index in [1.807, 2.05) is 0 Å². The van der Waals surface area contributed by atoms with Crippen molar-refractivity contribution in [2.45, 2.75) is 122 Å². The van der Waals surface area contributed by atoms with Gasteiger partial charge in [-0.05, 0) is 66.2 Å². The average molecular weight is 547 g/mol. The monoisotopic (exact) mass is 546 g/mol. The van der Waals surface area contributed by atoms with Gasteiger partial charge in [-0.15, -0.1) is 0 Å². The summed E-state index contributed by atoms with van der Waals surface area (Å²) < 4.78 is 25.6. The minimum Gasteiger partial charge on any atom is -0.413 e. The third kappa shape index (κ3) is 7.67. The Morgan fingerprint density at radius 3 is 2.27 bits per heavy atom. The molecule has 1 aromatic rings. The fourth-order valence-corrected chi connectivity index (χ4v) is 7.80. The van der Waals surface area contributed by atoms with Crippen molar-refractivity contribution in [3.8, 4) is 0 Å². The second kappa shape index (κ2) is 11.8. The van der Waals surface area contributed by atoms with Crippen LogP contribution in [0.25, 0.3) is 0 Å². The van der Waals surface area contributed by atoms with Gasteiger partial charge in [0, 0.05) is 26.1 Å². The van der Waals surface area contributed by atoms with E-state index in [0.29, 0.717) is 24.5 Å². The van der Waals surface area contributed by atoms with Crippen molar-refractivity contribution < 1.29 is 18.3 Å². The summed E-state index contributed by atoms with van der Waals surface area (Å²) in [5.41, 5.74) is 2.50. The smallest absolute Gasteiger partial charge is 0.192 e. The van der Waals surface area contributed by atoms with Crippen molar-refractivity contribution in [3.63, 3.8) is 0 Å². The molecule has 2 fully saturated rings. The molecule has 0 radical (unpaired) electrons. The standard InChI is InChI=1S/C31H54O4Si2/c1-30(2,3)36(8,9)34-25(20-23-13-12-14-24(19-23)22-32-7)15-16-26-27-17-18-33-28(27)21-29(26)35-37(10,11)31(4,5)6/h12-16,19,25-29H,17-18,20-22H2,1-11H3/b16-15+/t25-,26-,27-,28+,29-/m1/s1. The predicted octanol–water partition coefficient (Wildman–Crippen LogP) is 8.14. The largest absolute Gasteiger partial charge is 0.413 e. The molecule has 0 spiro atoms. The highest BCUT2D eigenvalue weighted by Crippen LogP contribution is 2.47. The van der Waals surface area contributed by atoms with Gasteiger partial charge in [0.25, 0.3) is 0 Å². The molecule has 3 rings (SSSR count). The maximum atomic E-state index is 7.03. The molecule has 1 aliphatic carbocycles. The van der Waals surface area contributed by atoms with Crippen LogP contribution in [0.15, 0.2) is 36.4 Å². The second-order valence-electron chi connectivity index (χ2n) is 14.4. The number of benzene rings is 1. The van der Waals surface area contributed by atoms with E-state index in [9.17, 15) is 0 Å². The quantitative estimate of drug-likeness (QED) is 0.219. The first-order chi connectivity index (χ1) is 17.0. The van der Waals surface area contributed by atoms with Gasteiger partial charge < -0.3 is 18.3 Å². The number of methoxy groups -OCH3 is 1. The molecule has 1 aliphatic heterocycles. The molecule has 0 unspecified atom stereocenters. The van der Waals surface area contributed by atoms with Crippen molar-refractivity contribution in [2.24, 2.45) is 11.8 Å². The van der Waals surface area contributed by atoms with Gasteiger partial charge in [0.2, 0.25) is 0 Å². The first kappa shape index (κ1) is 30.8. The Morgan fingerprint density at radius 1 is 1.00 bits per heavy atom. The van der Waals surface area contributed by atoms with Crippen LogP contribution in [0.2, 0.25) is 36.3 Å². The highest BCUT2D eigenvalue weighted by molar-refractivity contribution is 6.74. The fourth-order valence-electron chi connectivity index (χ4n) is 5.16. The molecule has 1 aromatic carbocycles. The van der Waals surface area contributed by atoms with Gasteiger partial charge in [0.15, 0.2) is 16.6 Å².